The Morgan fingerprint density at radius 2 is 2.12 bits per heavy atom. The van der Waals surface area contributed by atoms with Crippen molar-refractivity contribution < 1.29 is 23.4 Å². The number of rotatable bonds is 7. The highest BCUT2D eigenvalue weighted by Crippen LogP contribution is 2.28. The minimum Gasteiger partial charge on any atom is -0.376 e. The Hall–Kier alpha value is -4.23. The van der Waals surface area contributed by atoms with E-state index in [4.69, 9.17) is 16.3 Å². The quantitative estimate of drug-likeness (QED) is 0.269. The van der Waals surface area contributed by atoms with Gasteiger partial charge in [-0.1, -0.05) is 12.1 Å². The van der Waals surface area contributed by atoms with Gasteiger partial charge in [-0.05, 0) is 30.3 Å². The number of hydrogen-bond acceptors (Lipinski definition) is 10. The van der Waals surface area contributed by atoms with Crippen molar-refractivity contribution in [2.24, 2.45) is 4.99 Å². The van der Waals surface area contributed by atoms with Gasteiger partial charge in [0.25, 0.3) is 16.0 Å². The first-order valence-electron chi connectivity index (χ1n) is 11.1. The van der Waals surface area contributed by atoms with E-state index in [1.165, 1.54) is 24.4 Å². The van der Waals surface area contributed by atoms with Gasteiger partial charge >= 0.3 is 0 Å². The molecule has 0 amide bonds. The monoisotopic (exact) mass is 472 g/mol. The van der Waals surface area contributed by atoms with Gasteiger partial charge in [-0.2, -0.15) is 15.0 Å². The summed E-state index contributed by atoms with van der Waals surface area (Å²) in [5, 5.41) is 11.4. The molecular weight excluding hydrogens is 451 g/mol. The van der Waals surface area contributed by atoms with E-state index in [1.807, 2.05) is 0 Å². The molecule has 4 aromatic rings. The summed E-state index contributed by atoms with van der Waals surface area (Å²) >= 11 is 0. The lowest BCUT2D eigenvalue weighted by molar-refractivity contribution is 0.324. The van der Waals surface area contributed by atoms with Crippen molar-refractivity contribution in [3.8, 4) is 11.3 Å². The molecule has 0 radical (unpaired) electrons. The fourth-order valence-corrected chi connectivity index (χ4v) is 4.06. The van der Waals surface area contributed by atoms with Crippen LogP contribution in [0.15, 0.2) is 70.8 Å². The number of hydrogen-bond donors (Lipinski definition) is 3. The molecular formula is C20H17FN8O3S. The molecule has 0 spiro atoms. The van der Waals surface area contributed by atoms with Gasteiger partial charge in [-0.15, -0.1) is 0 Å². The lowest BCUT2D eigenvalue weighted by atomic mass is 10.1. The van der Waals surface area contributed by atoms with E-state index in [0.717, 1.165) is 18.6 Å². The summed E-state index contributed by atoms with van der Waals surface area (Å²) in [6, 6.07) is 0.550. The van der Waals surface area contributed by atoms with Crippen LogP contribution in [-0.4, -0.2) is 50.4 Å². The van der Waals surface area contributed by atoms with E-state index >= 15 is 4.39 Å². The molecule has 13 heteroatoms. The number of aliphatic hydroxyl groups excluding tert-OH is 1. The summed E-state index contributed by atoms with van der Waals surface area (Å²) in [6.07, 6.45) is 4.66. The third-order valence-electron chi connectivity index (χ3n) is 4.10. The van der Waals surface area contributed by atoms with Gasteiger partial charge in [0.1, 0.15) is 17.4 Å². The smallest absolute Gasteiger partial charge is 0.269 e. The second-order valence-electron chi connectivity index (χ2n) is 6.25. The number of pyridine rings is 1. The second kappa shape index (κ2) is 9.10. The number of nitrogens with zero attached hydrogens (tertiary/aromatic N) is 6. The van der Waals surface area contributed by atoms with E-state index in [2.05, 4.69) is 30.2 Å². The molecule has 168 valence electrons. The number of aliphatic imine (C=N–C) groups is 1. The zero-order valence-electron chi connectivity index (χ0n) is 20.6. The van der Waals surface area contributed by atoms with Gasteiger partial charge < -0.3 is 16.2 Å². The van der Waals surface area contributed by atoms with E-state index in [0.29, 0.717) is 3.97 Å². The number of nitrogens with two attached hydrogens (primary N) is 1. The highest BCUT2D eigenvalue weighted by atomic mass is 32.2. The summed E-state index contributed by atoms with van der Waals surface area (Å²) in [7, 11) is -4.40. The van der Waals surface area contributed by atoms with E-state index in [-0.39, 0.29) is 34.0 Å². The number of nitrogens with one attached hydrogen (secondary N) is 1. The van der Waals surface area contributed by atoms with Crippen molar-refractivity contribution in [1.82, 2.24) is 23.9 Å². The van der Waals surface area contributed by atoms with Gasteiger partial charge in [0.05, 0.1) is 11.2 Å². The van der Waals surface area contributed by atoms with Gasteiger partial charge in [0.2, 0.25) is 11.9 Å². The Bertz CT molecular complexity index is 1610. The fraction of sp³-hybridized carbons (Fsp3) is 0.0500. The fourth-order valence-electron chi connectivity index (χ4n) is 2.72. The minimum atomic E-state index is -4.40. The maximum absolute atomic E-state index is 15.1. The first-order valence-corrected chi connectivity index (χ1v) is 10.5. The molecule has 11 nitrogen and oxygen atoms in total. The average molecular weight is 472 g/mol. The first kappa shape index (κ1) is 17.3. The van der Waals surface area contributed by atoms with Crippen LogP contribution in [0.25, 0.3) is 11.3 Å². The Labute approximate surface area is 193 Å². The molecule has 0 saturated carbocycles. The average Bonchev–Trinajstić information content (AvgIpc) is 3.30. The molecule has 4 rings (SSSR count). The molecule has 0 unspecified atom stereocenters. The predicted octanol–water partition coefficient (Wildman–Crippen LogP) is 1.81. The zero-order chi connectivity index (χ0) is 26.9. The summed E-state index contributed by atoms with van der Waals surface area (Å²) in [5.74, 6) is -1.80. The number of anilines is 2. The van der Waals surface area contributed by atoms with Crippen LogP contribution in [0.5, 0.6) is 0 Å². The third-order valence-corrected chi connectivity index (χ3v) is 5.76. The summed E-state index contributed by atoms with van der Waals surface area (Å²) in [4.78, 5) is 19.1. The van der Waals surface area contributed by atoms with Crippen LogP contribution in [-0.2, 0) is 10.0 Å². The van der Waals surface area contributed by atoms with E-state index < -0.39 is 52.3 Å². The summed E-state index contributed by atoms with van der Waals surface area (Å²) < 4.78 is 74.3. The number of nitrogen functional groups attached to an aromatic ring is 1. The van der Waals surface area contributed by atoms with Crippen LogP contribution in [0.2, 0.25) is 0 Å². The molecule has 0 aliphatic heterocycles. The Morgan fingerprint density at radius 3 is 2.88 bits per heavy atom. The van der Waals surface area contributed by atoms with Gasteiger partial charge in [0.15, 0.2) is 0 Å². The van der Waals surface area contributed by atoms with Crippen molar-refractivity contribution >= 4 is 34.1 Å². The molecule has 0 aliphatic rings. The Morgan fingerprint density at radius 1 is 1.30 bits per heavy atom. The van der Waals surface area contributed by atoms with Gasteiger partial charge in [0, 0.05) is 35.9 Å². The molecule has 0 bridgehead atoms. The number of aromatic nitrogens is 5. The van der Waals surface area contributed by atoms with Crippen LogP contribution in [0.4, 0.5) is 22.2 Å². The largest absolute Gasteiger partial charge is 0.376 e. The van der Waals surface area contributed by atoms with Gasteiger partial charge in [-0.3, -0.25) is 4.98 Å². The number of halogens is 1. The van der Waals surface area contributed by atoms with Crippen molar-refractivity contribution in [3.05, 3.63) is 72.3 Å². The van der Waals surface area contributed by atoms with Crippen LogP contribution in [0, 0.1) is 5.82 Å². The molecule has 0 atom stereocenters. The van der Waals surface area contributed by atoms with Crippen LogP contribution in [0.1, 0.15) is 11.0 Å². The molecule has 3 aromatic heterocycles. The SMILES string of the molecule is [2H]c1c([2H])c([2H])c(-c2cc(C=Nc3nc(N)nc(NCO)n3)cn2S(=O)(=O)c2cccnc2)c(F)c1[2H]. The lowest BCUT2D eigenvalue weighted by Gasteiger charge is -2.10. The Balaban J connectivity index is 1.92. The molecule has 3 heterocycles. The van der Waals surface area contributed by atoms with Crippen molar-refractivity contribution in [2.45, 2.75) is 4.90 Å². The first-order chi connectivity index (χ1) is 17.5. The number of benzene rings is 1. The minimum absolute atomic E-state index is 0.0677. The summed E-state index contributed by atoms with van der Waals surface area (Å²) in [5.41, 5.74) is 4.65. The number of aliphatic hydroxyl groups is 1. The predicted molar refractivity (Wildman–Crippen MR) is 119 cm³/mol. The molecule has 0 saturated heterocycles. The Kier molecular flexibility index (Phi) is 4.78. The molecule has 0 fully saturated rings. The maximum atomic E-state index is 15.1. The lowest BCUT2D eigenvalue weighted by Crippen LogP contribution is -2.13. The highest BCUT2D eigenvalue weighted by Gasteiger charge is 2.23. The van der Waals surface area contributed by atoms with Crippen molar-refractivity contribution in [3.63, 3.8) is 0 Å². The topological polar surface area (TPSA) is 161 Å². The van der Waals surface area contributed by atoms with Crippen molar-refractivity contribution in [2.75, 3.05) is 17.8 Å². The van der Waals surface area contributed by atoms with E-state index in [9.17, 15) is 8.42 Å². The van der Waals surface area contributed by atoms with Crippen molar-refractivity contribution in [1.29, 1.82) is 0 Å². The van der Waals surface area contributed by atoms with Crippen LogP contribution < -0.4 is 11.1 Å². The molecule has 1 aromatic carbocycles. The molecule has 4 N–H and O–H groups in total. The molecule has 0 aliphatic carbocycles. The van der Waals surface area contributed by atoms with Gasteiger partial charge in [-0.25, -0.2) is 21.8 Å². The molecule has 33 heavy (non-hydrogen) atoms. The maximum Gasteiger partial charge on any atom is 0.269 e. The standard InChI is InChI=1S/C20H17FN8O3S/c21-16-6-2-1-5-15(16)17-8-13(9-24-19-26-18(22)27-20(28-19)25-12-30)11-29(17)33(31,32)14-4-3-7-23-10-14/h1-11,30H,12H2,(H3,22,25,26,27,28)/i1D,2D,5D,6D. The summed E-state index contributed by atoms with van der Waals surface area (Å²) in [6.45, 7) is -0.487. The normalized spacial score (nSPS) is 13.4. The highest BCUT2D eigenvalue weighted by molar-refractivity contribution is 7.90. The van der Waals surface area contributed by atoms with Crippen LogP contribution >= 0.6 is 0 Å². The third kappa shape index (κ3) is 4.68. The van der Waals surface area contributed by atoms with Crippen LogP contribution in [0.3, 0.4) is 0 Å². The van der Waals surface area contributed by atoms with E-state index in [1.54, 1.807) is 0 Å². The second-order valence-corrected chi connectivity index (χ2v) is 8.06. The zero-order valence-corrected chi connectivity index (χ0v) is 17.4.